The molecule has 5 nitrogen and oxygen atoms in total. The van der Waals surface area contributed by atoms with Crippen LogP contribution in [-0.2, 0) is 13.0 Å². The summed E-state index contributed by atoms with van der Waals surface area (Å²) in [6.07, 6.45) is 7.06. The van der Waals surface area contributed by atoms with Gasteiger partial charge in [0.05, 0.1) is 29.4 Å². The highest BCUT2D eigenvalue weighted by molar-refractivity contribution is 5.32. The Bertz CT molecular complexity index is 789. The molecule has 0 bridgehead atoms. The predicted octanol–water partition coefficient (Wildman–Crippen LogP) is 3.49. The molecule has 3 aromatic rings. The Morgan fingerprint density at radius 2 is 2.08 bits per heavy atom. The van der Waals surface area contributed by atoms with E-state index in [1.807, 2.05) is 23.3 Å². The average Bonchev–Trinajstić information content (AvgIpc) is 3.27. The largest absolute Gasteiger partial charge is 0.348 e. The summed E-state index contributed by atoms with van der Waals surface area (Å²) in [6.45, 7) is 4.19. The zero-order valence-electron chi connectivity index (χ0n) is 14.0. The second-order valence-electron chi connectivity index (χ2n) is 6.36. The summed E-state index contributed by atoms with van der Waals surface area (Å²) in [7, 11) is 0. The number of rotatable bonds is 5. The molecule has 124 valence electrons. The first-order valence-corrected chi connectivity index (χ1v) is 8.71. The fourth-order valence-electron chi connectivity index (χ4n) is 3.65. The fourth-order valence-corrected chi connectivity index (χ4v) is 3.65. The van der Waals surface area contributed by atoms with E-state index in [9.17, 15) is 0 Å². The van der Waals surface area contributed by atoms with Gasteiger partial charge in [-0.15, -0.1) is 0 Å². The van der Waals surface area contributed by atoms with Gasteiger partial charge in [0.1, 0.15) is 0 Å². The van der Waals surface area contributed by atoms with Gasteiger partial charge in [-0.3, -0.25) is 4.90 Å². The Hall–Kier alpha value is -2.40. The highest BCUT2D eigenvalue weighted by Gasteiger charge is 2.29. The van der Waals surface area contributed by atoms with Crippen molar-refractivity contribution in [2.45, 2.75) is 38.8 Å². The van der Waals surface area contributed by atoms with Gasteiger partial charge in [-0.1, -0.05) is 31.5 Å². The van der Waals surface area contributed by atoms with E-state index >= 15 is 0 Å². The molecule has 3 heterocycles. The lowest BCUT2D eigenvalue weighted by molar-refractivity contribution is 0.158. The van der Waals surface area contributed by atoms with Gasteiger partial charge in [0.15, 0.2) is 0 Å². The second kappa shape index (κ2) is 6.61. The van der Waals surface area contributed by atoms with E-state index in [0.29, 0.717) is 6.04 Å². The topological polar surface area (TPSA) is 49.7 Å². The van der Waals surface area contributed by atoms with Gasteiger partial charge >= 0.3 is 0 Å². The van der Waals surface area contributed by atoms with Gasteiger partial charge in [-0.25, -0.2) is 9.67 Å². The van der Waals surface area contributed by atoms with Crippen molar-refractivity contribution in [2.24, 2.45) is 0 Å². The summed E-state index contributed by atoms with van der Waals surface area (Å²) in [5.74, 6) is 0. The minimum atomic E-state index is 0.393. The Morgan fingerprint density at radius 3 is 2.92 bits per heavy atom. The smallest absolute Gasteiger partial charge is 0.0925 e. The summed E-state index contributed by atoms with van der Waals surface area (Å²) >= 11 is 0. The van der Waals surface area contributed by atoms with Crippen LogP contribution in [0, 0.1) is 0 Å². The molecule has 0 unspecified atom stereocenters. The Balaban J connectivity index is 1.61. The maximum Gasteiger partial charge on any atom is 0.0925 e. The molecule has 1 atom stereocenters. The van der Waals surface area contributed by atoms with Gasteiger partial charge in [0.2, 0.25) is 0 Å². The molecule has 2 aromatic heterocycles. The monoisotopic (exact) mass is 321 g/mol. The van der Waals surface area contributed by atoms with Crippen LogP contribution in [0.4, 0.5) is 0 Å². The van der Waals surface area contributed by atoms with Crippen molar-refractivity contribution < 1.29 is 0 Å². The predicted molar refractivity (Wildman–Crippen MR) is 93.9 cm³/mol. The van der Waals surface area contributed by atoms with Gasteiger partial charge < -0.3 is 4.98 Å². The number of imidazole rings is 1. The SMILES string of the molecule is CCC[C@@H]1c2nc[nH]c2CCN1Cc1ccnn1-c1ccccc1. The minimum absolute atomic E-state index is 0.393. The molecule has 0 fully saturated rings. The molecule has 1 aliphatic rings. The molecule has 5 heteroatoms. The summed E-state index contributed by atoms with van der Waals surface area (Å²) in [5, 5.41) is 4.53. The standard InChI is InChI=1S/C19H23N5/c1-2-6-18-19-17(20-14-21-19)10-12-23(18)13-16-9-11-22-24(16)15-7-4-3-5-8-15/h3-5,7-9,11,14,18H,2,6,10,12-13H2,1H3,(H,20,21)/t18-/m1/s1. The molecule has 1 N–H and O–H groups in total. The number of hydrogen-bond donors (Lipinski definition) is 1. The molecule has 0 spiro atoms. The number of hydrogen-bond acceptors (Lipinski definition) is 3. The molecule has 4 rings (SSSR count). The third-order valence-corrected chi connectivity index (χ3v) is 4.81. The van der Waals surface area contributed by atoms with E-state index in [1.165, 1.54) is 17.1 Å². The van der Waals surface area contributed by atoms with Crippen LogP contribution in [0.25, 0.3) is 5.69 Å². The first-order valence-electron chi connectivity index (χ1n) is 8.71. The Kier molecular flexibility index (Phi) is 4.17. The molecule has 0 radical (unpaired) electrons. The lowest BCUT2D eigenvalue weighted by Crippen LogP contribution is -2.35. The van der Waals surface area contributed by atoms with E-state index < -0.39 is 0 Å². The van der Waals surface area contributed by atoms with Gasteiger partial charge in [-0.05, 0) is 24.6 Å². The molecular formula is C19H23N5. The molecule has 0 amide bonds. The van der Waals surface area contributed by atoms with Gasteiger partial charge in [0, 0.05) is 31.4 Å². The number of fused-ring (bicyclic) bond motifs is 1. The Labute approximate surface area is 142 Å². The minimum Gasteiger partial charge on any atom is -0.348 e. The number of H-pyrrole nitrogens is 1. The number of aromatic amines is 1. The van der Waals surface area contributed by atoms with Crippen LogP contribution in [0.3, 0.4) is 0 Å². The van der Waals surface area contributed by atoms with E-state index in [1.54, 1.807) is 0 Å². The first kappa shape index (κ1) is 15.1. The summed E-state index contributed by atoms with van der Waals surface area (Å²) < 4.78 is 2.04. The molecule has 0 aliphatic carbocycles. The Morgan fingerprint density at radius 1 is 1.21 bits per heavy atom. The third kappa shape index (κ3) is 2.76. The van der Waals surface area contributed by atoms with Crippen molar-refractivity contribution in [3.8, 4) is 5.69 Å². The summed E-state index contributed by atoms with van der Waals surface area (Å²) in [6, 6.07) is 12.9. The zero-order chi connectivity index (χ0) is 16.4. The lowest BCUT2D eigenvalue weighted by atomic mass is 9.98. The van der Waals surface area contributed by atoms with Crippen molar-refractivity contribution >= 4 is 0 Å². The summed E-state index contributed by atoms with van der Waals surface area (Å²) in [4.78, 5) is 10.4. The van der Waals surface area contributed by atoms with E-state index in [4.69, 9.17) is 0 Å². The van der Waals surface area contributed by atoms with E-state index in [-0.39, 0.29) is 0 Å². The molecule has 1 aromatic carbocycles. The maximum atomic E-state index is 4.60. The van der Waals surface area contributed by atoms with Crippen molar-refractivity contribution in [1.29, 1.82) is 0 Å². The second-order valence-corrected chi connectivity index (χ2v) is 6.36. The van der Waals surface area contributed by atoms with Crippen LogP contribution in [0.15, 0.2) is 48.9 Å². The number of nitrogens with zero attached hydrogens (tertiary/aromatic N) is 4. The molecule has 24 heavy (non-hydrogen) atoms. The van der Waals surface area contributed by atoms with Crippen molar-refractivity contribution in [2.75, 3.05) is 6.54 Å². The average molecular weight is 321 g/mol. The van der Waals surface area contributed by atoms with Crippen LogP contribution in [0.5, 0.6) is 0 Å². The van der Waals surface area contributed by atoms with Crippen LogP contribution in [0.2, 0.25) is 0 Å². The number of para-hydroxylation sites is 1. The van der Waals surface area contributed by atoms with Crippen LogP contribution >= 0.6 is 0 Å². The number of aromatic nitrogens is 4. The highest BCUT2D eigenvalue weighted by atomic mass is 15.3. The van der Waals surface area contributed by atoms with Crippen LogP contribution in [-0.4, -0.2) is 31.2 Å². The van der Waals surface area contributed by atoms with Gasteiger partial charge in [0.25, 0.3) is 0 Å². The lowest BCUT2D eigenvalue weighted by Gasteiger charge is -2.34. The van der Waals surface area contributed by atoms with Crippen molar-refractivity contribution in [3.63, 3.8) is 0 Å². The fraction of sp³-hybridized carbons (Fsp3) is 0.368. The first-order chi connectivity index (χ1) is 11.9. The van der Waals surface area contributed by atoms with Gasteiger partial charge in [-0.2, -0.15) is 5.10 Å². The molecular weight excluding hydrogens is 298 g/mol. The van der Waals surface area contributed by atoms with E-state index in [2.05, 4.69) is 57.2 Å². The van der Waals surface area contributed by atoms with Crippen molar-refractivity contribution in [3.05, 3.63) is 66.0 Å². The van der Waals surface area contributed by atoms with Crippen LogP contribution in [0.1, 0.15) is 42.9 Å². The normalized spacial score (nSPS) is 17.8. The molecule has 0 saturated heterocycles. The van der Waals surface area contributed by atoms with E-state index in [0.717, 1.165) is 38.0 Å². The quantitative estimate of drug-likeness (QED) is 0.782. The highest BCUT2D eigenvalue weighted by Crippen LogP contribution is 2.32. The van der Waals surface area contributed by atoms with Crippen molar-refractivity contribution in [1.82, 2.24) is 24.6 Å². The number of benzene rings is 1. The maximum absolute atomic E-state index is 4.60. The molecule has 1 aliphatic heterocycles. The molecule has 0 saturated carbocycles. The number of nitrogens with one attached hydrogen (secondary N) is 1. The zero-order valence-corrected chi connectivity index (χ0v) is 14.0. The third-order valence-electron chi connectivity index (χ3n) is 4.81. The summed E-state index contributed by atoms with van der Waals surface area (Å²) in [5.41, 5.74) is 4.87. The van der Waals surface area contributed by atoms with Crippen LogP contribution < -0.4 is 0 Å².